The summed E-state index contributed by atoms with van der Waals surface area (Å²) in [5, 5.41) is 13.9. The van der Waals surface area contributed by atoms with E-state index in [1.165, 1.54) is 28.7 Å². The van der Waals surface area contributed by atoms with Gasteiger partial charge in [-0.3, -0.25) is 0 Å². The van der Waals surface area contributed by atoms with E-state index in [-0.39, 0.29) is 5.25 Å². The van der Waals surface area contributed by atoms with Crippen LogP contribution < -0.4 is 0 Å². The van der Waals surface area contributed by atoms with Gasteiger partial charge in [0.2, 0.25) is 0 Å². The van der Waals surface area contributed by atoms with E-state index in [2.05, 4.69) is 42.4 Å². The molecule has 3 nitrogen and oxygen atoms in total. The monoisotopic (exact) mass is 369 g/mol. The molecule has 0 unspecified atom stereocenters. The Morgan fingerprint density at radius 1 is 1.21 bits per heavy atom. The van der Waals surface area contributed by atoms with E-state index < -0.39 is 0 Å². The molecule has 1 heterocycles. The Morgan fingerprint density at radius 2 is 1.92 bits per heavy atom. The third-order valence-corrected chi connectivity index (χ3v) is 5.86. The first-order valence-corrected chi connectivity index (χ1v) is 9.53. The molecule has 3 aromatic rings. The zero-order valence-electron chi connectivity index (χ0n) is 13.0. The number of benzene rings is 2. The van der Waals surface area contributed by atoms with E-state index in [1.54, 1.807) is 4.68 Å². The summed E-state index contributed by atoms with van der Waals surface area (Å²) in [4.78, 5) is 0. The van der Waals surface area contributed by atoms with Crippen molar-refractivity contribution in [2.75, 3.05) is 0 Å². The number of hydrogen-bond donors (Lipinski definition) is 0. The quantitative estimate of drug-likeness (QED) is 0.458. The smallest absolute Gasteiger partial charge is 0.184 e. The van der Waals surface area contributed by atoms with Gasteiger partial charge in [0, 0.05) is 0 Å². The highest BCUT2D eigenvalue weighted by Gasteiger charge is 2.15. The van der Waals surface area contributed by atoms with E-state index in [9.17, 15) is 5.26 Å². The first kappa shape index (κ1) is 16.9. The number of nitriles is 1. The second-order valence-electron chi connectivity index (χ2n) is 5.31. The molecule has 0 aliphatic carbocycles. The topological polar surface area (TPSA) is 41.6 Å². The van der Waals surface area contributed by atoms with Crippen molar-refractivity contribution in [1.29, 1.82) is 5.26 Å². The van der Waals surface area contributed by atoms with Crippen molar-refractivity contribution < 1.29 is 0 Å². The highest BCUT2D eigenvalue weighted by molar-refractivity contribution is 8.01. The summed E-state index contributed by atoms with van der Waals surface area (Å²) in [7, 11) is 0. The Bertz CT molecular complexity index is 905. The largest absolute Gasteiger partial charge is 0.211 e. The third-order valence-electron chi connectivity index (χ3n) is 3.46. The van der Waals surface area contributed by atoms with Crippen LogP contribution in [0.25, 0.3) is 5.69 Å². The van der Waals surface area contributed by atoms with Crippen LogP contribution in [-0.4, -0.2) is 15.0 Å². The minimum absolute atomic E-state index is 0.183. The standard InChI is InChI=1S/C18H15N3S3/c1-13-7-9-14(10-8-13)11-16(12-19)23-17-20-21(18(22)24-17)15-5-3-2-4-6-15/h2-10,16H,11H2,1H3/t16-/m1/s1. The van der Waals surface area contributed by atoms with E-state index in [0.29, 0.717) is 10.4 Å². The van der Waals surface area contributed by atoms with Gasteiger partial charge in [-0.05, 0) is 43.3 Å². The van der Waals surface area contributed by atoms with Crippen LogP contribution in [-0.2, 0) is 6.42 Å². The fourth-order valence-electron chi connectivity index (χ4n) is 2.21. The van der Waals surface area contributed by atoms with Crippen LogP contribution in [0, 0.1) is 22.2 Å². The SMILES string of the molecule is Cc1ccc(C[C@H](C#N)Sc2nn(-c3ccccc3)c(=S)s2)cc1. The fraction of sp³-hybridized carbons (Fsp3) is 0.167. The average molecular weight is 370 g/mol. The molecule has 0 amide bonds. The van der Waals surface area contributed by atoms with Gasteiger partial charge >= 0.3 is 0 Å². The van der Waals surface area contributed by atoms with E-state index in [1.807, 2.05) is 30.3 Å². The first-order chi connectivity index (χ1) is 11.7. The summed E-state index contributed by atoms with van der Waals surface area (Å²) in [5.74, 6) is 0. The van der Waals surface area contributed by atoms with Crippen LogP contribution in [0.3, 0.4) is 0 Å². The lowest BCUT2D eigenvalue weighted by atomic mass is 10.1. The van der Waals surface area contributed by atoms with E-state index >= 15 is 0 Å². The van der Waals surface area contributed by atoms with Gasteiger partial charge in [0.1, 0.15) is 5.25 Å². The Hall–Kier alpha value is -1.94. The molecule has 2 aromatic carbocycles. The summed E-state index contributed by atoms with van der Waals surface area (Å²) in [5.41, 5.74) is 3.32. The molecule has 0 spiro atoms. The Labute approximate surface area is 154 Å². The molecule has 1 atom stereocenters. The maximum atomic E-state index is 9.47. The van der Waals surface area contributed by atoms with Gasteiger partial charge in [-0.15, -0.1) is 5.10 Å². The van der Waals surface area contributed by atoms with Crippen molar-refractivity contribution in [3.05, 3.63) is 69.7 Å². The Kier molecular flexibility index (Phi) is 5.46. The maximum absolute atomic E-state index is 9.47. The van der Waals surface area contributed by atoms with E-state index in [4.69, 9.17) is 12.2 Å². The molecule has 0 bridgehead atoms. The number of nitrogens with zero attached hydrogens (tertiary/aromatic N) is 3. The molecule has 6 heteroatoms. The second kappa shape index (κ2) is 7.75. The van der Waals surface area contributed by atoms with Crippen molar-refractivity contribution in [2.24, 2.45) is 0 Å². The van der Waals surface area contributed by atoms with Crippen molar-refractivity contribution >= 4 is 35.3 Å². The summed E-state index contributed by atoms with van der Waals surface area (Å²) >= 11 is 8.33. The van der Waals surface area contributed by atoms with Crippen molar-refractivity contribution in [3.63, 3.8) is 0 Å². The van der Waals surface area contributed by atoms with Crippen LogP contribution in [0.1, 0.15) is 11.1 Å². The molecular formula is C18H15N3S3. The summed E-state index contributed by atoms with van der Waals surface area (Å²) in [6.45, 7) is 2.06. The minimum Gasteiger partial charge on any atom is -0.211 e. The molecule has 120 valence electrons. The normalized spacial score (nSPS) is 11.8. The number of rotatable bonds is 5. The van der Waals surface area contributed by atoms with Gasteiger partial charge in [-0.2, -0.15) is 5.26 Å². The average Bonchev–Trinajstić information content (AvgIpc) is 2.97. The van der Waals surface area contributed by atoms with Crippen LogP contribution in [0.2, 0.25) is 0 Å². The lowest BCUT2D eigenvalue weighted by Gasteiger charge is -2.07. The van der Waals surface area contributed by atoms with Gasteiger partial charge in [0.05, 0.1) is 11.8 Å². The van der Waals surface area contributed by atoms with Gasteiger partial charge in [0.15, 0.2) is 8.29 Å². The van der Waals surface area contributed by atoms with E-state index in [0.717, 1.165) is 15.6 Å². The third kappa shape index (κ3) is 4.12. The Morgan fingerprint density at radius 3 is 2.58 bits per heavy atom. The van der Waals surface area contributed by atoms with Gasteiger partial charge in [-0.1, -0.05) is 71.1 Å². The highest BCUT2D eigenvalue weighted by atomic mass is 32.2. The van der Waals surface area contributed by atoms with Gasteiger partial charge in [-0.25, -0.2) is 4.68 Å². The van der Waals surface area contributed by atoms with Crippen LogP contribution >= 0.6 is 35.3 Å². The maximum Gasteiger partial charge on any atom is 0.184 e. The fourth-order valence-corrected chi connectivity index (χ4v) is 4.74. The van der Waals surface area contributed by atoms with Crippen molar-refractivity contribution in [1.82, 2.24) is 9.78 Å². The molecule has 0 radical (unpaired) electrons. The number of para-hydroxylation sites is 1. The first-order valence-electron chi connectivity index (χ1n) is 7.43. The van der Waals surface area contributed by atoms with Crippen LogP contribution in [0.15, 0.2) is 58.9 Å². The zero-order valence-corrected chi connectivity index (χ0v) is 15.5. The molecule has 0 aliphatic rings. The minimum atomic E-state index is -0.183. The number of aromatic nitrogens is 2. The number of thioether (sulfide) groups is 1. The predicted molar refractivity (Wildman–Crippen MR) is 102 cm³/mol. The summed E-state index contributed by atoms with van der Waals surface area (Å²) in [6, 6.07) is 20.5. The summed E-state index contributed by atoms with van der Waals surface area (Å²) in [6.07, 6.45) is 0.694. The van der Waals surface area contributed by atoms with Crippen molar-refractivity contribution in [2.45, 2.75) is 22.9 Å². The lowest BCUT2D eigenvalue weighted by Crippen LogP contribution is -2.04. The molecule has 24 heavy (non-hydrogen) atoms. The van der Waals surface area contributed by atoms with Crippen molar-refractivity contribution in [3.8, 4) is 11.8 Å². The molecule has 0 saturated carbocycles. The molecule has 0 fully saturated rings. The van der Waals surface area contributed by atoms with Gasteiger partial charge < -0.3 is 0 Å². The predicted octanol–water partition coefficient (Wildman–Crippen LogP) is 5.20. The second-order valence-corrected chi connectivity index (χ2v) is 8.38. The lowest BCUT2D eigenvalue weighted by molar-refractivity contribution is 0.828. The molecule has 0 N–H and O–H groups in total. The molecule has 0 saturated heterocycles. The molecule has 0 aliphatic heterocycles. The molecule has 3 rings (SSSR count). The summed E-state index contributed by atoms with van der Waals surface area (Å²) < 4.78 is 3.26. The van der Waals surface area contributed by atoms with Crippen LogP contribution in [0.5, 0.6) is 0 Å². The molecule has 1 aromatic heterocycles. The number of hydrogen-bond acceptors (Lipinski definition) is 5. The van der Waals surface area contributed by atoms with Crippen LogP contribution in [0.4, 0.5) is 0 Å². The molecular weight excluding hydrogens is 354 g/mol. The Balaban J connectivity index is 1.76. The zero-order chi connectivity index (χ0) is 16.9. The van der Waals surface area contributed by atoms with Gasteiger partial charge in [0.25, 0.3) is 0 Å². The highest BCUT2D eigenvalue weighted by Crippen LogP contribution is 2.29. The number of aryl methyl sites for hydroxylation is 1.